The van der Waals surface area contributed by atoms with Crippen LogP contribution in [0.4, 0.5) is 5.69 Å². The van der Waals surface area contributed by atoms with Gasteiger partial charge in [0.05, 0.1) is 25.4 Å². The van der Waals surface area contributed by atoms with Gasteiger partial charge in [0.1, 0.15) is 19.3 Å². The van der Waals surface area contributed by atoms with Gasteiger partial charge < -0.3 is 9.64 Å². The van der Waals surface area contributed by atoms with E-state index in [2.05, 4.69) is 58.1 Å². The van der Waals surface area contributed by atoms with Gasteiger partial charge in [-0.3, -0.25) is 14.3 Å². The van der Waals surface area contributed by atoms with Crippen LogP contribution in [0.15, 0.2) is 54.7 Å². The summed E-state index contributed by atoms with van der Waals surface area (Å²) in [4.78, 5) is 41.1. The number of amides is 1. The molecule has 0 unspecified atom stereocenters. The van der Waals surface area contributed by atoms with Crippen LogP contribution in [0, 0.1) is 11.5 Å². The molecule has 0 fully saturated rings. The second-order valence-electron chi connectivity index (χ2n) is 11.9. The predicted molar refractivity (Wildman–Crippen MR) is 169 cm³/mol. The number of carbonyl (C=O) groups is 3. The summed E-state index contributed by atoms with van der Waals surface area (Å²) in [5.74, 6) is 2.43. The van der Waals surface area contributed by atoms with Crippen molar-refractivity contribution in [3.05, 3.63) is 82.7 Å². The number of hydrogen-bond donors (Lipinski definition) is 0. The molecule has 0 N–H and O–H groups in total. The summed E-state index contributed by atoms with van der Waals surface area (Å²) in [5.41, 5.74) is 8.27. The standard InChI is InChI=1S/C34H41N3O4Si/c1-9-41-34(40)30-20-35-36-21-25(8)37(33(39)31(30)36)29-15-13-27(14-16-29)32(38)28-12-10-11-26(19-28)17-18-42(22(2)3,23(4)5)24(6)7/h10-16,19-20,22-25H,9,21H2,1-8H3/t25-/m0/s1. The molecule has 7 nitrogen and oxygen atoms in total. The fourth-order valence-corrected chi connectivity index (χ4v) is 11.6. The molecule has 1 aliphatic heterocycles. The monoisotopic (exact) mass is 583 g/mol. The number of carbonyl (C=O) groups excluding carboxylic acids is 3. The first-order valence-electron chi connectivity index (χ1n) is 14.8. The van der Waals surface area contributed by atoms with E-state index in [0.29, 0.717) is 40.0 Å². The number of benzene rings is 2. The first-order chi connectivity index (χ1) is 19.9. The Labute approximate surface area is 250 Å². The minimum absolute atomic E-state index is 0.106. The Hall–Kier alpha value is -3.96. The van der Waals surface area contributed by atoms with Crippen LogP contribution in [0.5, 0.6) is 0 Å². The van der Waals surface area contributed by atoms with E-state index in [1.807, 2.05) is 31.2 Å². The Bertz CT molecular complexity index is 1520. The van der Waals surface area contributed by atoms with Gasteiger partial charge in [0, 0.05) is 22.4 Å². The molecule has 0 radical (unpaired) electrons. The average Bonchev–Trinajstić information content (AvgIpc) is 3.37. The van der Waals surface area contributed by atoms with E-state index >= 15 is 0 Å². The predicted octanol–water partition coefficient (Wildman–Crippen LogP) is 6.91. The SMILES string of the molecule is CCOC(=O)c1cnn2c1C(=O)N(c1ccc(C(=O)c3cccc(C#C[Si](C(C)C)(C(C)C)C(C)C)c3)cc1)[C@@H](C)C2. The lowest BCUT2D eigenvalue weighted by Crippen LogP contribution is -2.47. The van der Waals surface area contributed by atoms with Crippen LogP contribution in [-0.2, 0) is 11.3 Å². The van der Waals surface area contributed by atoms with Crippen LogP contribution in [0.2, 0.25) is 16.6 Å². The summed E-state index contributed by atoms with van der Waals surface area (Å²) in [6.07, 6.45) is 1.39. The number of ether oxygens (including phenoxy) is 1. The van der Waals surface area contributed by atoms with Crippen molar-refractivity contribution in [3.8, 4) is 11.5 Å². The van der Waals surface area contributed by atoms with Crippen LogP contribution >= 0.6 is 0 Å². The lowest BCUT2D eigenvalue weighted by atomic mass is 10.0. The van der Waals surface area contributed by atoms with Crippen molar-refractivity contribution in [1.29, 1.82) is 0 Å². The quantitative estimate of drug-likeness (QED) is 0.125. The first kappa shape index (κ1) is 31.0. The minimum atomic E-state index is -1.89. The molecule has 1 aromatic heterocycles. The highest BCUT2D eigenvalue weighted by molar-refractivity contribution is 6.90. The zero-order valence-electron chi connectivity index (χ0n) is 25.9. The van der Waals surface area contributed by atoms with Gasteiger partial charge in [-0.2, -0.15) is 5.10 Å². The van der Waals surface area contributed by atoms with Crippen LogP contribution in [-0.4, -0.2) is 48.2 Å². The maximum Gasteiger partial charge on any atom is 0.342 e. The first-order valence-corrected chi connectivity index (χ1v) is 17.0. The third-order valence-corrected chi connectivity index (χ3v) is 14.7. The maximum atomic E-state index is 13.5. The van der Waals surface area contributed by atoms with Gasteiger partial charge in [-0.25, -0.2) is 4.79 Å². The molecule has 220 valence electrons. The number of ketones is 1. The number of hydrogen-bond acceptors (Lipinski definition) is 5. The molecule has 0 saturated carbocycles. The number of fused-ring (bicyclic) bond motifs is 1. The van der Waals surface area contributed by atoms with Crippen molar-refractivity contribution >= 4 is 31.4 Å². The number of rotatable bonds is 8. The molecule has 2 heterocycles. The van der Waals surface area contributed by atoms with Gasteiger partial charge in [-0.1, -0.05) is 59.6 Å². The molecule has 0 bridgehead atoms. The molecule has 0 spiro atoms. The number of nitrogens with zero attached hydrogens (tertiary/aromatic N) is 3. The summed E-state index contributed by atoms with van der Waals surface area (Å²) >= 11 is 0. The van der Waals surface area contributed by atoms with E-state index in [-0.39, 0.29) is 35.6 Å². The van der Waals surface area contributed by atoms with Crippen molar-refractivity contribution in [2.45, 2.75) is 84.6 Å². The van der Waals surface area contributed by atoms with Gasteiger partial charge in [-0.05, 0) is 66.9 Å². The Morgan fingerprint density at radius 2 is 1.64 bits per heavy atom. The van der Waals surface area contributed by atoms with E-state index < -0.39 is 14.0 Å². The third kappa shape index (κ3) is 5.71. The summed E-state index contributed by atoms with van der Waals surface area (Å²) in [7, 11) is -1.89. The van der Waals surface area contributed by atoms with Crippen molar-refractivity contribution < 1.29 is 19.1 Å². The lowest BCUT2D eigenvalue weighted by molar-refractivity contribution is 0.0521. The second kappa shape index (κ2) is 12.5. The lowest BCUT2D eigenvalue weighted by Gasteiger charge is -2.38. The van der Waals surface area contributed by atoms with E-state index in [0.717, 1.165) is 5.56 Å². The smallest absolute Gasteiger partial charge is 0.342 e. The Morgan fingerprint density at radius 1 is 1.00 bits per heavy atom. The van der Waals surface area contributed by atoms with Gasteiger partial charge in [0.25, 0.3) is 5.91 Å². The highest BCUT2D eigenvalue weighted by Gasteiger charge is 2.41. The molecule has 42 heavy (non-hydrogen) atoms. The molecular formula is C34H41N3O4Si. The van der Waals surface area contributed by atoms with Gasteiger partial charge >= 0.3 is 5.97 Å². The second-order valence-corrected chi connectivity index (χ2v) is 17.5. The van der Waals surface area contributed by atoms with E-state index in [1.54, 1.807) is 40.8 Å². The molecule has 1 amide bonds. The Morgan fingerprint density at radius 3 is 2.24 bits per heavy atom. The highest BCUT2D eigenvalue weighted by Crippen LogP contribution is 2.40. The molecule has 1 aliphatic rings. The summed E-state index contributed by atoms with van der Waals surface area (Å²) < 4.78 is 6.67. The molecule has 8 heteroatoms. The van der Waals surface area contributed by atoms with E-state index in [1.165, 1.54) is 6.20 Å². The molecule has 1 atom stereocenters. The van der Waals surface area contributed by atoms with Crippen LogP contribution in [0.3, 0.4) is 0 Å². The number of esters is 1. The van der Waals surface area contributed by atoms with Crippen molar-refractivity contribution in [3.63, 3.8) is 0 Å². The zero-order valence-corrected chi connectivity index (χ0v) is 26.9. The molecular weight excluding hydrogens is 542 g/mol. The van der Waals surface area contributed by atoms with Crippen LogP contribution in [0.25, 0.3) is 0 Å². The molecule has 0 saturated heterocycles. The van der Waals surface area contributed by atoms with Crippen molar-refractivity contribution in [2.75, 3.05) is 11.5 Å². The topological polar surface area (TPSA) is 81.5 Å². The average molecular weight is 584 g/mol. The van der Waals surface area contributed by atoms with Crippen LogP contribution in [0.1, 0.15) is 97.7 Å². The van der Waals surface area contributed by atoms with Crippen molar-refractivity contribution in [1.82, 2.24) is 9.78 Å². The van der Waals surface area contributed by atoms with Crippen LogP contribution < -0.4 is 4.90 Å². The fourth-order valence-electron chi connectivity index (χ4n) is 6.42. The number of anilines is 1. The molecule has 4 rings (SSSR count). The van der Waals surface area contributed by atoms with E-state index in [9.17, 15) is 14.4 Å². The Kier molecular flexibility index (Phi) is 9.22. The highest BCUT2D eigenvalue weighted by atomic mass is 28.3. The summed E-state index contributed by atoms with van der Waals surface area (Å²) in [6, 6.07) is 14.4. The van der Waals surface area contributed by atoms with Gasteiger partial charge in [0.15, 0.2) is 5.78 Å². The third-order valence-electron chi connectivity index (χ3n) is 8.46. The Balaban J connectivity index is 1.59. The normalized spacial score (nSPS) is 15.1. The van der Waals surface area contributed by atoms with Gasteiger partial charge in [-0.15, -0.1) is 5.54 Å². The molecule has 0 aliphatic carbocycles. The van der Waals surface area contributed by atoms with E-state index in [4.69, 9.17) is 4.74 Å². The minimum Gasteiger partial charge on any atom is -0.462 e. The van der Waals surface area contributed by atoms with Crippen molar-refractivity contribution in [2.24, 2.45) is 0 Å². The summed E-state index contributed by atoms with van der Waals surface area (Å²) in [6.45, 7) is 18.0. The van der Waals surface area contributed by atoms with Gasteiger partial charge in [0.2, 0.25) is 0 Å². The maximum absolute atomic E-state index is 13.5. The summed E-state index contributed by atoms with van der Waals surface area (Å²) in [5, 5.41) is 4.24. The fraction of sp³-hybridized carbons (Fsp3) is 0.412. The largest absolute Gasteiger partial charge is 0.462 e. The molecule has 3 aromatic rings. The zero-order chi connectivity index (χ0) is 30.8. The number of aromatic nitrogens is 2. The molecule has 2 aromatic carbocycles.